The van der Waals surface area contributed by atoms with E-state index in [1.165, 1.54) is 25.1 Å². The Bertz CT molecular complexity index is 770. The fourth-order valence-corrected chi connectivity index (χ4v) is 4.04. The van der Waals surface area contributed by atoms with E-state index >= 15 is 0 Å². The molecular weight excluding hydrogens is 312 g/mol. The number of benzene rings is 2. The number of para-hydroxylation sites is 1. The van der Waals surface area contributed by atoms with Crippen LogP contribution in [0.3, 0.4) is 0 Å². The van der Waals surface area contributed by atoms with E-state index in [-0.39, 0.29) is 0 Å². The quantitative estimate of drug-likeness (QED) is 0.873. The van der Waals surface area contributed by atoms with Crippen molar-refractivity contribution in [1.29, 1.82) is 0 Å². The molecule has 0 saturated carbocycles. The van der Waals surface area contributed by atoms with Crippen LogP contribution in [0.4, 0.5) is 5.69 Å². The molecule has 0 saturated heterocycles. The van der Waals surface area contributed by atoms with Crippen molar-refractivity contribution in [3.63, 3.8) is 0 Å². The molecule has 2 aliphatic heterocycles. The average Bonchev–Trinajstić information content (AvgIpc) is 2.79. The van der Waals surface area contributed by atoms with Crippen LogP contribution in [0.25, 0.3) is 0 Å². The van der Waals surface area contributed by atoms with Crippen LogP contribution >= 0.6 is 0 Å². The maximum Gasteiger partial charge on any atom is 0.275 e. The van der Waals surface area contributed by atoms with Crippen molar-refractivity contribution in [3.05, 3.63) is 60.2 Å². The molecule has 4 heteroatoms. The molecule has 2 aromatic rings. The number of aliphatic hydroxyl groups is 1. The van der Waals surface area contributed by atoms with Gasteiger partial charge in [-0.05, 0) is 55.7 Å². The van der Waals surface area contributed by atoms with Crippen LogP contribution in [0, 0.1) is 0 Å². The summed E-state index contributed by atoms with van der Waals surface area (Å²) in [4.78, 5) is 2.14. The molecule has 2 aliphatic rings. The Morgan fingerprint density at radius 3 is 2.48 bits per heavy atom. The molecule has 0 bridgehead atoms. The standard InChI is InChI=1S/C21H25N2O2/c1-25-19-13-11-17(12-14-19)21(24)16-22-15-7-3-6-10-20(22)23(21)18-8-4-2-5-9-18/h2,4-5,8-9,11-14,24H,3,6-7,10,15-16H2,1H3/q+1. The molecule has 2 heterocycles. The molecule has 0 radical (unpaired) electrons. The Kier molecular flexibility index (Phi) is 4.22. The predicted molar refractivity (Wildman–Crippen MR) is 99.3 cm³/mol. The minimum absolute atomic E-state index is 0.601. The van der Waals surface area contributed by atoms with Gasteiger partial charge in [-0.15, -0.1) is 0 Å². The van der Waals surface area contributed by atoms with Crippen LogP contribution in [0.1, 0.15) is 31.2 Å². The first-order valence-corrected chi connectivity index (χ1v) is 9.05. The highest BCUT2D eigenvalue weighted by molar-refractivity contribution is 5.97. The van der Waals surface area contributed by atoms with Crippen molar-refractivity contribution in [1.82, 2.24) is 0 Å². The van der Waals surface area contributed by atoms with Crippen LogP contribution in [0.15, 0.2) is 54.6 Å². The van der Waals surface area contributed by atoms with Gasteiger partial charge in [0, 0.05) is 12.0 Å². The van der Waals surface area contributed by atoms with E-state index in [0.717, 1.165) is 30.0 Å². The van der Waals surface area contributed by atoms with E-state index in [1.807, 2.05) is 42.5 Å². The Labute approximate surface area is 149 Å². The molecule has 0 spiro atoms. The lowest BCUT2D eigenvalue weighted by Crippen LogP contribution is -2.47. The molecule has 4 nitrogen and oxygen atoms in total. The van der Waals surface area contributed by atoms with E-state index in [2.05, 4.69) is 21.6 Å². The van der Waals surface area contributed by atoms with Crippen LogP contribution in [-0.2, 0) is 5.72 Å². The van der Waals surface area contributed by atoms with E-state index < -0.39 is 5.72 Å². The molecule has 1 N–H and O–H groups in total. The molecule has 130 valence electrons. The van der Waals surface area contributed by atoms with Gasteiger partial charge in [-0.2, -0.15) is 4.90 Å². The summed E-state index contributed by atoms with van der Waals surface area (Å²) in [6.45, 7) is 1.61. The third-order valence-corrected chi connectivity index (χ3v) is 5.30. The summed E-state index contributed by atoms with van der Waals surface area (Å²) in [5, 5.41) is 11.8. The van der Waals surface area contributed by atoms with Crippen LogP contribution in [0.5, 0.6) is 5.75 Å². The topological polar surface area (TPSA) is 35.7 Å². The predicted octanol–water partition coefficient (Wildman–Crippen LogP) is 3.35. The molecule has 1 unspecified atom stereocenters. The second-order valence-corrected chi connectivity index (χ2v) is 6.86. The second-order valence-electron chi connectivity index (χ2n) is 6.86. The first kappa shape index (κ1) is 16.2. The van der Waals surface area contributed by atoms with Crippen molar-refractivity contribution in [2.75, 3.05) is 25.1 Å². The summed E-state index contributed by atoms with van der Waals surface area (Å²) in [6, 6.07) is 18.0. The number of amidine groups is 1. The minimum Gasteiger partial charge on any atom is -0.497 e. The van der Waals surface area contributed by atoms with E-state index in [0.29, 0.717) is 6.54 Å². The summed E-state index contributed by atoms with van der Waals surface area (Å²) in [7, 11) is 1.66. The Morgan fingerprint density at radius 2 is 1.76 bits per heavy atom. The first-order valence-electron chi connectivity index (χ1n) is 9.05. The highest BCUT2D eigenvalue weighted by atomic mass is 16.5. The molecule has 25 heavy (non-hydrogen) atoms. The molecular formula is C21H25N2O2+. The maximum absolute atomic E-state index is 11.8. The maximum atomic E-state index is 11.8. The Hall–Kier alpha value is -2.33. The lowest BCUT2D eigenvalue weighted by Gasteiger charge is -2.29. The van der Waals surface area contributed by atoms with Crippen molar-refractivity contribution >= 4 is 11.5 Å². The molecule has 2 aromatic carbocycles. The number of hydrogen-bond acceptors (Lipinski definition) is 3. The van der Waals surface area contributed by atoms with E-state index in [1.54, 1.807) is 7.11 Å². The highest BCUT2D eigenvalue weighted by Crippen LogP contribution is 2.38. The summed E-state index contributed by atoms with van der Waals surface area (Å²) < 4.78 is 7.64. The fraction of sp³-hybridized carbons (Fsp3) is 0.381. The highest BCUT2D eigenvalue weighted by Gasteiger charge is 2.53. The minimum atomic E-state index is -1.06. The average molecular weight is 337 g/mol. The summed E-state index contributed by atoms with van der Waals surface area (Å²) in [6.07, 6.45) is 4.62. The van der Waals surface area contributed by atoms with Gasteiger partial charge >= 0.3 is 0 Å². The van der Waals surface area contributed by atoms with E-state index in [4.69, 9.17) is 4.74 Å². The van der Waals surface area contributed by atoms with Gasteiger partial charge in [-0.1, -0.05) is 18.2 Å². The lowest BCUT2D eigenvalue weighted by atomic mass is 9.99. The van der Waals surface area contributed by atoms with Gasteiger partial charge in [0.05, 0.1) is 13.7 Å². The zero-order valence-corrected chi connectivity index (χ0v) is 14.7. The van der Waals surface area contributed by atoms with E-state index in [9.17, 15) is 5.11 Å². The van der Waals surface area contributed by atoms with Crippen molar-refractivity contribution in [3.8, 4) is 5.75 Å². The third-order valence-electron chi connectivity index (χ3n) is 5.30. The third kappa shape index (κ3) is 2.81. The van der Waals surface area contributed by atoms with Gasteiger partial charge in [0.2, 0.25) is 0 Å². The monoisotopic (exact) mass is 337 g/mol. The molecule has 0 aliphatic carbocycles. The number of anilines is 1. The van der Waals surface area contributed by atoms with Crippen LogP contribution in [0.2, 0.25) is 0 Å². The largest absolute Gasteiger partial charge is 0.497 e. The number of ether oxygens (including phenoxy) is 1. The van der Waals surface area contributed by atoms with Gasteiger partial charge in [0.15, 0.2) is 6.54 Å². The summed E-state index contributed by atoms with van der Waals surface area (Å²) in [5.74, 6) is 2.04. The molecule has 0 aromatic heterocycles. The van der Waals surface area contributed by atoms with Gasteiger partial charge in [0.25, 0.3) is 11.6 Å². The number of nitrogens with zero attached hydrogens (tertiary/aromatic N) is 2. The molecule has 4 rings (SSSR count). The first-order chi connectivity index (χ1) is 12.2. The fourth-order valence-electron chi connectivity index (χ4n) is 4.04. The zero-order chi connectivity index (χ0) is 17.3. The Morgan fingerprint density at radius 1 is 1.00 bits per heavy atom. The normalized spacial score (nSPS) is 23.4. The van der Waals surface area contributed by atoms with Crippen LogP contribution in [-0.4, -0.2) is 35.7 Å². The number of methoxy groups -OCH3 is 1. The van der Waals surface area contributed by atoms with Gasteiger partial charge in [-0.3, -0.25) is 4.58 Å². The number of hydrogen-bond donors (Lipinski definition) is 1. The molecule has 0 amide bonds. The molecule has 0 fully saturated rings. The lowest BCUT2D eigenvalue weighted by molar-refractivity contribution is -0.534. The van der Waals surface area contributed by atoms with Gasteiger partial charge in [-0.25, -0.2) is 0 Å². The van der Waals surface area contributed by atoms with Gasteiger partial charge in [0.1, 0.15) is 11.4 Å². The van der Waals surface area contributed by atoms with Gasteiger partial charge < -0.3 is 9.84 Å². The number of rotatable bonds is 3. The SMILES string of the molecule is COc1ccc(C2(O)C[N+]3=C(CCCCC3)N2c2ccccc2)cc1. The molecule has 1 atom stereocenters. The summed E-state index contributed by atoms with van der Waals surface area (Å²) >= 11 is 0. The van der Waals surface area contributed by atoms with Crippen LogP contribution < -0.4 is 9.64 Å². The smallest absolute Gasteiger partial charge is 0.275 e. The van der Waals surface area contributed by atoms with Crippen molar-refractivity contribution in [2.45, 2.75) is 31.4 Å². The van der Waals surface area contributed by atoms with Crippen molar-refractivity contribution in [2.24, 2.45) is 0 Å². The second kappa shape index (κ2) is 6.52. The zero-order valence-electron chi connectivity index (χ0n) is 14.7. The Balaban J connectivity index is 1.80. The van der Waals surface area contributed by atoms with Crippen molar-refractivity contribution < 1.29 is 14.4 Å². The summed E-state index contributed by atoms with van der Waals surface area (Å²) in [5.41, 5.74) is 0.887.